The summed E-state index contributed by atoms with van der Waals surface area (Å²) in [7, 11) is 0. The monoisotopic (exact) mass is 390 g/mol. The molecule has 0 amide bonds. The van der Waals surface area contributed by atoms with Crippen molar-refractivity contribution in [1.29, 1.82) is 0 Å². The Morgan fingerprint density at radius 1 is 1.07 bits per heavy atom. The number of para-hydroxylation sites is 2. The Labute approximate surface area is 166 Å². The fourth-order valence-electron chi connectivity index (χ4n) is 3.50. The molecule has 0 saturated carbocycles. The topological polar surface area (TPSA) is 98.0 Å². The summed E-state index contributed by atoms with van der Waals surface area (Å²) in [4.78, 5) is 41.6. The van der Waals surface area contributed by atoms with Crippen LogP contribution in [-0.4, -0.2) is 39.7 Å². The second-order valence-corrected chi connectivity index (χ2v) is 6.56. The lowest BCUT2D eigenvalue weighted by Gasteiger charge is -2.06. The third-order valence-corrected chi connectivity index (χ3v) is 4.78. The Morgan fingerprint density at radius 2 is 1.79 bits per heavy atom. The molecule has 0 spiro atoms. The van der Waals surface area contributed by atoms with Crippen molar-refractivity contribution in [3.63, 3.8) is 0 Å². The van der Waals surface area contributed by atoms with Gasteiger partial charge in [0.15, 0.2) is 0 Å². The predicted molar refractivity (Wildman–Crippen MR) is 107 cm³/mol. The normalized spacial score (nSPS) is 12.7. The third kappa shape index (κ3) is 3.10. The Balaban J connectivity index is 1.78. The molecule has 0 unspecified atom stereocenters. The lowest BCUT2D eigenvalue weighted by Crippen LogP contribution is -2.14. The van der Waals surface area contributed by atoms with Crippen LogP contribution in [0, 0.1) is 0 Å². The zero-order valence-corrected chi connectivity index (χ0v) is 15.7. The van der Waals surface area contributed by atoms with Gasteiger partial charge >= 0.3 is 5.97 Å². The van der Waals surface area contributed by atoms with Crippen molar-refractivity contribution in [3.8, 4) is 5.88 Å². The van der Waals surface area contributed by atoms with Crippen LogP contribution in [-0.2, 0) is 9.53 Å². The van der Waals surface area contributed by atoms with Gasteiger partial charge in [0.05, 0.1) is 29.8 Å². The summed E-state index contributed by atoms with van der Waals surface area (Å²) in [5.74, 6) is -1.62. The highest BCUT2D eigenvalue weighted by molar-refractivity contribution is 6.56. The highest BCUT2D eigenvalue weighted by Gasteiger charge is 2.32. The van der Waals surface area contributed by atoms with E-state index in [-0.39, 0.29) is 42.4 Å². The molecular formula is C22H18N2O5. The van der Waals surface area contributed by atoms with E-state index in [1.165, 1.54) is 0 Å². The molecule has 4 rings (SSSR count). The Bertz CT molecular complexity index is 1190. The number of aromatic hydroxyl groups is 1. The molecule has 0 radical (unpaired) electrons. The maximum absolute atomic E-state index is 12.9. The average Bonchev–Trinajstić information content (AvgIpc) is 3.20. The number of hydrogen-bond donors (Lipinski definition) is 1. The summed E-state index contributed by atoms with van der Waals surface area (Å²) in [6.07, 6.45) is -0.232. The van der Waals surface area contributed by atoms with Crippen LogP contribution in [0.3, 0.4) is 0 Å². The third-order valence-electron chi connectivity index (χ3n) is 4.78. The van der Waals surface area contributed by atoms with E-state index >= 15 is 0 Å². The van der Waals surface area contributed by atoms with Gasteiger partial charge in [-0.25, -0.2) is 9.56 Å². The number of aliphatic imine (C=N–C) groups is 1. The number of hydrogen-bond acceptors (Lipinski definition) is 6. The van der Waals surface area contributed by atoms with Gasteiger partial charge in [-0.15, -0.1) is 0 Å². The molecule has 0 atom stereocenters. The SMILES string of the molecule is CCOC(=O)CCC(=O)n1c(O)c(C2=Nc3ccccc3C2=O)c2ccccc21. The number of nitrogens with zero attached hydrogens (tertiary/aromatic N) is 2. The zero-order chi connectivity index (χ0) is 20.5. The van der Waals surface area contributed by atoms with E-state index in [9.17, 15) is 19.5 Å². The van der Waals surface area contributed by atoms with Crippen molar-refractivity contribution in [2.75, 3.05) is 6.61 Å². The van der Waals surface area contributed by atoms with Crippen LogP contribution in [0.15, 0.2) is 53.5 Å². The van der Waals surface area contributed by atoms with Crippen LogP contribution < -0.4 is 0 Å². The first-order chi connectivity index (χ1) is 14.0. The van der Waals surface area contributed by atoms with Gasteiger partial charge in [-0.05, 0) is 25.1 Å². The number of ketones is 1. The minimum absolute atomic E-state index is 0.0943. The van der Waals surface area contributed by atoms with Crippen LogP contribution in [0.25, 0.3) is 10.9 Å². The number of benzene rings is 2. The van der Waals surface area contributed by atoms with Crippen LogP contribution in [0.4, 0.5) is 5.69 Å². The second-order valence-electron chi connectivity index (χ2n) is 6.56. The fraction of sp³-hybridized carbons (Fsp3) is 0.182. The van der Waals surface area contributed by atoms with E-state index in [1.807, 2.05) is 0 Å². The first kappa shape index (κ1) is 18.6. The van der Waals surface area contributed by atoms with Crippen LogP contribution in [0.5, 0.6) is 5.88 Å². The quantitative estimate of drug-likeness (QED) is 0.671. The highest BCUT2D eigenvalue weighted by Crippen LogP contribution is 2.37. The first-order valence-electron chi connectivity index (χ1n) is 9.27. The molecule has 2 aromatic carbocycles. The minimum Gasteiger partial charge on any atom is -0.494 e. The number of fused-ring (bicyclic) bond motifs is 2. The fourth-order valence-corrected chi connectivity index (χ4v) is 3.50. The van der Waals surface area contributed by atoms with Crippen molar-refractivity contribution < 1.29 is 24.2 Å². The van der Waals surface area contributed by atoms with E-state index in [4.69, 9.17) is 4.74 Å². The van der Waals surface area contributed by atoms with Gasteiger partial charge < -0.3 is 9.84 Å². The number of carbonyl (C=O) groups excluding carboxylic acids is 3. The average molecular weight is 390 g/mol. The molecule has 1 aliphatic rings. The van der Waals surface area contributed by atoms with Crippen molar-refractivity contribution >= 4 is 40.0 Å². The van der Waals surface area contributed by atoms with Gasteiger partial charge in [-0.3, -0.25) is 14.4 Å². The van der Waals surface area contributed by atoms with Gasteiger partial charge in [0.25, 0.3) is 0 Å². The molecule has 0 fully saturated rings. The van der Waals surface area contributed by atoms with Crippen LogP contribution in [0.2, 0.25) is 0 Å². The van der Waals surface area contributed by atoms with Crippen molar-refractivity contribution in [2.45, 2.75) is 19.8 Å². The summed E-state index contributed by atoms with van der Waals surface area (Å²) in [5, 5.41) is 11.4. The van der Waals surface area contributed by atoms with E-state index in [0.29, 0.717) is 22.2 Å². The summed E-state index contributed by atoms with van der Waals surface area (Å²) in [6, 6.07) is 13.8. The van der Waals surface area contributed by atoms with Gasteiger partial charge in [0.2, 0.25) is 17.6 Å². The minimum atomic E-state index is -0.483. The van der Waals surface area contributed by atoms with Gasteiger partial charge in [0, 0.05) is 17.4 Å². The standard InChI is InChI=1S/C22H18N2O5/c1-2-29-18(26)12-11-17(25)24-16-10-6-4-8-14(16)19(22(24)28)20-21(27)13-7-3-5-9-15(13)23-20/h3-10,28H,2,11-12H2,1H3. The number of Topliss-reactive ketones (excluding diaryl/α,β-unsaturated/α-hetero) is 1. The largest absolute Gasteiger partial charge is 0.494 e. The zero-order valence-electron chi connectivity index (χ0n) is 15.7. The molecule has 146 valence electrons. The van der Waals surface area contributed by atoms with E-state index in [0.717, 1.165) is 4.57 Å². The lowest BCUT2D eigenvalue weighted by atomic mass is 10.0. The molecule has 7 nitrogen and oxygen atoms in total. The molecule has 2 heterocycles. The molecular weight excluding hydrogens is 372 g/mol. The molecule has 1 aliphatic heterocycles. The second kappa shape index (κ2) is 7.35. The van der Waals surface area contributed by atoms with Gasteiger partial charge in [-0.2, -0.15) is 0 Å². The Hall–Kier alpha value is -3.74. The molecule has 0 saturated heterocycles. The summed E-state index contributed by atoms with van der Waals surface area (Å²) < 4.78 is 5.98. The Kier molecular flexibility index (Phi) is 4.72. The molecule has 1 aromatic heterocycles. The van der Waals surface area contributed by atoms with Gasteiger partial charge in [-0.1, -0.05) is 30.3 Å². The lowest BCUT2D eigenvalue weighted by molar-refractivity contribution is -0.143. The van der Waals surface area contributed by atoms with E-state index < -0.39 is 11.9 Å². The molecule has 7 heteroatoms. The molecule has 29 heavy (non-hydrogen) atoms. The van der Waals surface area contributed by atoms with Crippen molar-refractivity contribution in [2.24, 2.45) is 4.99 Å². The number of ether oxygens (including phenoxy) is 1. The van der Waals surface area contributed by atoms with Crippen LogP contribution >= 0.6 is 0 Å². The maximum atomic E-state index is 12.9. The smallest absolute Gasteiger partial charge is 0.306 e. The molecule has 3 aromatic rings. The van der Waals surface area contributed by atoms with Crippen molar-refractivity contribution in [3.05, 3.63) is 59.7 Å². The predicted octanol–water partition coefficient (Wildman–Crippen LogP) is 3.65. The van der Waals surface area contributed by atoms with E-state index in [1.54, 1.807) is 55.5 Å². The number of rotatable bonds is 5. The number of carbonyl (C=O) groups is 3. The summed E-state index contributed by atoms with van der Waals surface area (Å²) in [5.41, 5.74) is 1.73. The molecule has 1 N–H and O–H groups in total. The first-order valence-corrected chi connectivity index (χ1v) is 9.27. The maximum Gasteiger partial charge on any atom is 0.306 e. The number of esters is 1. The van der Waals surface area contributed by atoms with Crippen LogP contribution in [0.1, 0.15) is 40.5 Å². The Morgan fingerprint density at radius 3 is 2.55 bits per heavy atom. The highest BCUT2D eigenvalue weighted by atomic mass is 16.5. The van der Waals surface area contributed by atoms with Gasteiger partial charge in [0.1, 0.15) is 5.71 Å². The molecule has 0 aliphatic carbocycles. The summed E-state index contributed by atoms with van der Waals surface area (Å²) >= 11 is 0. The summed E-state index contributed by atoms with van der Waals surface area (Å²) in [6.45, 7) is 1.92. The number of aromatic nitrogens is 1. The van der Waals surface area contributed by atoms with E-state index in [2.05, 4.69) is 4.99 Å². The molecule has 0 bridgehead atoms. The van der Waals surface area contributed by atoms with Crippen molar-refractivity contribution in [1.82, 2.24) is 4.57 Å².